The topological polar surface area (TPSA) is 66.6 Å². The van der Waals surface area contributed by atoms with E-state index in [0.717, 1.165) is 0 Å². The van der Waals surface area contributed by atoms with E-state index < -0.39 is 4.92 Å². The van der Waals surface area contributed by atoms with Crippen molar-refractivity contribution in [3.05, 3.63) is 45.4 Å². The number of aliphatic hydroxyl groups excluding tert-OH is 1. The second-order valence-electron chi connectivity index (χ2n) is 3.35. The van der Waals surface area contributed by atoms with Crippen LogP contribution in [0.1, 0.15) is 0 Å². The van der Waals surface area contributed by atoms with Crippen LogP contribution < -0.4 is 4.90 Å². The summed E-state index contributed by atoms with van der Waals surface area (Å²) >= 11 is 3.20. The van der Waals surface area contributed by atoms with E-state index >= 15 is 0 Å². The van der Waals surface area contributed by atoms with Gasteiger partial charge in [0.1, 0.15) is 5.69 Å². The second kappa shape index (κ2) is 6.36. The summed E-state index contributed by atoms with van der Waals surface area (Å²) in [5.41, 5.74) is 0.488. The van der Waals surface area contributed by atoms with Gasteiger partial charge in [-0.1, -0.05) is 22.0 Å². The molecule has 0 aliphatic heterocycles. The summed E-state index contributed by atoms with van der Waals surface area (Å²) in [5, 5.41) is 19.9. The highest BCUT2D eigenvalue weighted by atomic mass is 79.9. The van der Waals surface area contributed by atoms with Gasteiger partial charge in [0.05, 0.1) is 11.5 Å². The normalized spacial score (nSPS) is 10.0. The first-order valence-electron chi connectivity index (χ1n) is 5.00. The highest BCUT2D eigenvalue weighted by molar-refractivity contribution is 9.10. The molecule has 1 aromatic rings. The molecule has 0 bridgehead atoms. The quantitative estimate of drug-likeness (QED) is 0.497. The van der Waals surface area contributed by atoms with Gasteiger partial charge in [-0.3, -0.25) is 10.1 Å². The van der Waals surface area contributed by atoms with Gasteiger partial charge in [0.2, 0.25) is 0 Å². The predicted octanol–water partition coefficient (Wildman–Crippen LogP) is 2.34. The molecule has 0 atom stereocenters. The third kappa shape index (κ3) is 3.54. The van der Waals surface area contributed by atoms with E-state index in [9.17, 15) is 10.1 Å². The van der Waals surface area contributed by atoms with Crippen LogP contribution in [-0.4, -0.2) is 29.7 Å². The fourth-order valence-electron chi connectivity index (χ4n) is 1.50. The minimum absolute atomic E-state index is 0.00896. The van der Waals surface area contributed by atoms with Gasteiger partial charge >= 0.3 is 0 Å². The van der Waals surface area contributed by atoms with Crippen LogP contribution in [0.2, 0.25) is 0 Å². The molecule has 1 aromatic carbocycles. The van der Waals surface area contributed by atoms with Crippen molar-refractivity contribution < 1.29 is 10.0 Å². The fraction of sp³-hybridized carbons (Fsp3) is 0.273. The largest absolute Gasteiger partial charge is 0.395 e. The van der Waals surface area contributed by atoms with Crippen molar-refractivity contribution >= 4 is 27.3 Å². The minimum Gasteiger partial charge on any atom is -0.395 e. The first kappa shape index (κ1) is 13.7. The van der Waals surface area contributed by atoms with E-state index in [1.54, 1.807) is 23.1 Å². The number of benzene rings is 1. The number of hydrogen-bond acceptors (Lipinski definition) is 4. The maximum Gasteiger partial charge on any atom is 0.293 e. The van der Waals surface area contributed by atoms with Gasteiger partial charge in [-0.25, -0.2) is 0 Å². The SMILES string of the molecule is C=CCN(CCO)c1ccc(Br)cc1[N+](=O)[O-]. The van der Waals surface area contributed by atoms with Gasteiger partial charge in [-0.05, 0) is 12.1 Å². The lowest BCUT2D eigenvalue weighted by molar-refractivity contribution is -0.384. The molecular formula is C11H13BrN2O3. The van der Waals surface area contributed by atoms with E-state index in [-0.39, 0.29) is 12.3 Å². The van der Waals surface area contributed by atoms with E-state index in [0.29, 0.717) is 23.2 Å². The van der Waals surface area contributed by atoms with E-state index in [2.05, 4.69) is 22.5 Å². The Labute approximate surface area is 108 Å². The van der Waals surface area contributed by atoms with Crippen LogP contribution in [0.3, 0.4) is 0 Å². The van der Waals surface area contributed by atoms with Crippen LogP contribution in [0.15, 0.2) is 35.3 Å². The number of halogens is 1. The van der Waals surface area contributed by atoms with Gasteiger partial charge in [0.25, 0.3) is 5.69 Å². The Balaban J connectivity index is 3.16. The summed E-state index contributed by atoms with van der Waals surface area (Å²) in [5.74, 6) is 0. The number of anilines is 1. The molecule has 0 spiro atoms. The van der Waals surface area contributed by atoms with Crippen molar-refractivity contribution in [1.82, 2.24) is 0 Å². The number of nitro groups is 1. The van der Waals surface area contributed by atoms with Crippen molar-refractivity contribution in [3.63, 3.8) is 0 Å². The van der Waals surface area contributed by atoms with Gasteiger partial charge in [-0.15, -0.1) is 6.58 Å². The summed E-state index contributed by atoms with van der Waals surface area (Å²) in [6.45, 7) is 4.30. The number of nitro benzene ring substituents is 1. The molecule has 0 aliphatic rings. The summed E-state index contributed by atoms with van der Waals surface area (Å²) < 4.78 is 0.649. The van der Waals surface area contributed by atoms with Crippen molar-refractivity contribution in [2.75, 3.05) is 24.6 Å². The molecule has 0 aliphatic carbocycles. The second-order valence-corrected chi connectivity index (χ2v) is 4.26. The number of nitrogens with zero attached hydrogens (tertiary/aromatic N) is 2. The summed E-state index contributed by atoms with van der Waals surface area (Å²) in [6, 6.07) is 4.83. The minimum atomic E-state index is -0.437. The van der Waals surface area contributed by atoms with E-state index in [4.69, 9.17) is 5.11 Å². The predicted molar refractivity (Wildman–Crippen MR) is 70.3 cm³/mol. The molecule has 0 heterocycles. The zero-order valence-corrected chi connectivity index (χ0v) is 10.8. The van der Waals surface area contributed by atoms with Gasteiger partial charge in [0, 0.05) is 23.6 Å². The smallest absolute Gasteiger partial charge is 0.293 e. The average Bonchev–Trinajstić information content (AvgIpc) is 2.28. The monoisotopic (exact) mass is 300 g/mol. The number of hydrogen-bond donors (Lipinski definition) is 1. The Hall–Kier alpha value is -1.40. The van der Waals surface area contributed by atoms with Crippen molar-refractivity contribution in [2.24, 2.45) is 0 Å². The van der Waals surface area contributed by atoms with Gasteiger partial charge < -0.3 is 10.0 Å². The molecule has 0 amide bonds. The summed E-state index contributed by atoms with van der Waals surface area (Å²) in [4.78, 5) is 12.2. The number of rotatable bonds is 6. The lowest BCUT2D eigenvalue weighted by Gasteiger charge is -2.21. The average molecular weight is 301 g/mol. The van der Waals surface area contributed by atoms with Crippen molar-refractivity contribution in [2.45, 2.75) is 0 Å². The molecule has 0 fully saturated rings. The third-order valence-electron chi connectivity index (χ3n) is 2.19. The molecule has 0 saturated heterocycles. The molecular weight excluding hydrogens is 288 g/mol. The van der Waals surface area contributed by atoms with Crippen LogP contribution in [-0.2, 0) is 0 Å². The first-order valence-corrected chi connectivity index (χ1v) is 5.80. The highest BCUT2D eigenvalue weighted by Crippen LogP contribution is 2.30. The Bertz CT molecular complexity index is 423. The molecule has 0 radical (unpaired) electrons. The Morgan fingerprint density at radius 2 is 2.29 bits per heavy atom. The molecule has 0 saturated carbocycles. The van der Waals surface area contributed by atoms with Crippen LogP contribution in [0.25, 0.3) is 0 Å². The van der Waals surface area contributed by atoms with Crippen molar-refractivity contribution in [1.29, 1.82) is 0 Å². The molecule has 5 nitrogen and oxygen atoms in total. The Kier molecular flexibility index (Phi) is 5.11. The van der Waals surface area contributed by atoms with Crippen LogP contribution >= 0.6 is 15.9 Å². The van der Waals surface area contributed by atoms with Gasteiger partial charge in [-0.2, -0.15) is 0 Å². The molecule has 1 N–H and O–H groups in total. The van der Waals surface area contributed by atoms with Crippen LogP contribution in [0.4, 0.5) is 11.4 Å². The van der Waals surface area contributed by atoms with Crippen molar-refractivity contribution in [3.8, 4) is 0 Å². The lowest BCUT2D eigenvalue weighted by Crippen LogP contribution is -2.27. The zero-order valence-electron chi connectivity index (χ0n) is 9.17. The summed E-state index contributed by atoms with van der Waals surface area (Å²) in [7, 11) is 0. The molecule has 17 heavy (non-hydrogen) atoms. The van der Waals surface area contributed by atoms with Crippen LogP contribution in [0, 0.1) is 10.1 Å². The standard InChI is InChI=1S/C11H13BrN2O3/c1-2-5-13(6-7-15)10-4-3-9(12)8-11(10)14(16)17/h2-4,8,15H,1,5-7H2. The highest BCUT2D eigenvalue weighted by Gasteiger charge is 2.18. The molecule has 0 aromatic heterocycles. The third-order valence-corrected chi connectivity index (χ3v) is 2.69. The Morgan fingerprint density at radius 3 is 2.82 bits per heavy atom. The lowest BCUT2D eigenvalue weighted by atomic mass is 10.2. The molecule has 1 rings (SSSR count). The first-order chi connectivity index (χ1) is 8.10. The summed E-state index contributed by atoms with van der Waals surface area (Å²) in [6.07, 6.45) is 1.64. The van der Waals surface area contributed by atoms with Gasteiger partial charge in [0.15, 0.2) is 0 Å². The number of aliphatic hydroxyl groups is 1. The Morgan fingerprint density at radius 1 is 1.59 bits per heavy atom. The molecule has 0 unspecified atom stereocenters. The maximum absolute atomic E-state index is 11.0. The van der Waals surface area contributed by atoms with E-state index in [1.165, 1.54) is 6.07 Å². The van der Waals surface area contributed by atoms with Crippen LogP contribution in [0.5, 0.6) is 0 Å². The zero-order chi connectivity index (χ0) is 12.8. The van der Waals surface area contributed by atoms with E-state index in [1.807, 2.05) is 0 Å². The maximum atomic E-state index is 11.0. The fourth-order valence-corrected chi connectivity index (χ4v) is 1.85. The molecule has 92 valence electrons. The molecule has 6 heteroatoms.